The van der Waals surface area contributed by atoms with Crippen molar-refractivity contribution in [2.45, 2.75) is 13.8 Å². The highest BCUT2D eigenvalue weighted by Crippen LogP contribution is 2.31. The maximum absolute atomic E-state index is 12.0. The summed E-state index contributed by atoms with van der Waals surface area (Å²) in [5, 5.41) is 19.0. The summed E-state index contributed by atoms with van der Waals surface area (Å²) < 4.78 is 1.83. The average molecular weight is 335 g/mol. The van der Waals surface area contributed by atoms with Gasteiger partial charge in [0.25, 0.3) is 0 Å². The SMILES string of the molecule is CC(=O)c1cc(-c2ccccc2)n(-c2ccc(O)c(C(=O)O)c2)c1C. The summed E-state index contributed by atoms with van der Waals surface area (Å²) in [5.41, 5.74) is 3.36. The molecule has 0 spiro atoms. The number of carboxylic acid groups (broad SMARTS) is 1. The molecule has 3 aromatic rings. The Balaban J connectivity index is 2.30. The van der Waals surface area contributed by atoms with Crippen LogP contribution < -0.4 is 0 Å². The lowest BCUT2D eigenvalue weighted by atomic mass is 10.1. The largest absolute Gasteiger partial charge is 0.507 e. The van der Waals surface area contributed by atoms with Crippen LogP contribution in [0.2, 0.25) is 0 Å². The van der Waals surface area contributed by atoms with E-state index in [1.807, 2.05) is 41.8 Å². The number of phenols is 1. The minimum absolute atomic E-state index is 0.0642. The van der Waals surface area contributed by atoms with Gasteiger partial charge >= 0.3 is 5.97 Å². The van der Waals surface area contributed by atoms with Crippen LogP contribution in [0.5, 0.6) is 5.75 Å². The summed E-state index contributed by atoms with van der Waals surface area (Å²) in [6.07, 6.45) is 0. The third-order valence-electron chi connectivity index (χ3n) is 4.16. The van der Waals surface area contributed by atoms with E-state index in [9.17, 15) is 19.8 Å². The molecule has 5 heteroatoms. The Hall–Kier alpha value is -3.34. The van der Waals surface area contributed by atoms with Crippen molar-refractivity contribution >= 4 is 11.8 Å². The molecule has 0 bridgehead atoms. The highest BCUT2D eigenvalue weighted by molar-refractivity contribution is 5.97. The zero-order valence-corrected chi connectivity index (χ0v) is 13.9. The van der Waals surface area contributed by atoms with E-state index in [2.05, 4.69) is 0 Å². The van der Waals surface area contributed by atoms with Gasteiger partial charge in [-0.1, -0.05) is 30.3 Å². The van der Waals surface area contributed by atoms with Gasteiger partial charge in [-0.2, -0.15) is 0 Å². The van der Waals surface area contributed by atoms with Gasteiger partial charge in [-0.3, -0.25) is 4.79 Å². The van der Waals surface area contributed by atoms with Crippen molar-refractivity contribution in [1.29, 1.82) is 0 Å². The predicted molar refractivity (Wildman–Crippen MR) is 94.6 cm³/mol. The van der Waals surface area contributed by atoms with E-state index in [0.717, 1.165) is 11.3 Å². The Morgan fingerprint density at radius 1 is 0.960 bits per heavy atom. The molecule has 3 rings (SSSR count). The second-order valence-electron chi connectivity index (χ2n) is 5.79. The molecule has 0 aliphatic carbocycles. The minimum Gasteiger partial charge on any atom is -0.507 e. The molecule has 126 valence electrons. The first-order valence-electron chi connectivity index (χ1n) is 7.75. The second-order valence-corrected chi connectivity index (χ2v) is 5.79. The van der Waals surface area contributed by atoms with E-state index in [1.165, 1.54) is 19.1 Å². The molecule has 0 saturated heterocycles. The predicted octanol–water partition coefficient (Wildman–Crippen LogP) is 4.06. The number of aromatic hydroxyl groups is 1. The van der Waals surface area contributed by atoms with Crippen LogP contribution >= 0.6 is 0 Å². The minimum atomic E-state index is -1.21. The van der Waals surface area contributed by atoms with Crippen LogP contribution in [0, 0.1) is 6.92 Å². The zero-order chi connectivity index (χ0) is 18.1. The van der Waals surface area contributed by atoms with Crippen LogP contribution in [0.4, 0.5) is 0 Å². The number of ketones is 1. The number of aromatic carboxylic acids is 1. The highest BCUT2D eigenvalue weighted by atomic mass is 16.4. The molecule has 25 heavy (non-hydrogen) atoms. The normalized spacial score (nSPS) is 10.6. The van der Waals surface area contributed by atoms with E-state index in [4.69, 9.17) is 0 Å². The van der Waals surface area contributed by atoms with E-state index >= 15 is 0 Å². The van der Waals surface area contributed by atoms with Crippen LogP contribution in [0.3, 0.4) is 0 Å². The van der Waals surface area contributed by atoms with Crippen LogP contribution in [0.15, 0.2) is 54.6 Å². The molecule has 0 amide bonds. The standard InChI is InChI=1S/C20H17NO4/c1-12-16(13(2)22)11-18(14-6-4-3-5-7-14)21(12)15-8-9-19(23)17(10-15)20(24)25/h3-11,23H,1-2H3,(H,24,25). The number of carboxylic acids is 1. The molecule has 2 N–H and O–H groups in total. The van der Waals surface area contributed by atoms with Crippen molar-refractivity contribution in [3.05, 3.63) is 71.4 Å². The maximum Gasteiger partial charge on any atom is 0.339 e. The quantitative estimate of drug-likeness (QED) is 0.705. The summed E-state index contributed by atoms with van der Waals surface area (Å²) in [6, 6.07) is 15.7. The molecule has 0 atom stereocenters. The first-order chi connectivity index (χ1) is 11.9. The van der Waals surface area contributed by atoms with Gasteiger partial charge in [0.05, 0.1) is 5.69 Å². The number of carbonyl (C=O) groups excluding carboxylic acids is 1. The molecule has 5 nitrogen and oxygen atoms in total. The summed E-state index contributed by atoms with van der Waals surface area (Å²) in [4.78, 5) is 23.3. The fourth-order valence-electron chi connectivity index (χ4n) is 2.95. The van der Waals surface area contributed by atoms with Crippen LogP contribution in [0.25, 0.3) is 16.9 Å². The first-order valence-corrected chi connectivity index (χ1v) is 7.75. The van der Waals surface area contributed by atoms with Crippen molar-refractivity contribution in [1.82, 2.24) is 4.57 Å². The fraction of sp³-hybridized carbons (Fsp3) is 0.100. The van der Waals surface area contributed by atoms with Gasteiger partial charge in [0.1, 0.15) is 11.3 Å². The first kappa shape index (κ1) is 16.5. The Labute approximate surface area is 144 Å². The Kier molecular flexibility index (Phi) is 4.15. The van der Waals surface area contributed by atoms with Gasteiger partial charge in [-0.05, 0) is 43.7 Å². The van der Waals surface area contributed by atoms with E-state index < -0.39 is 5.97 Å². The number of hydrogen-bond acceptors (Lipinski definition) is 3. The lowest BCUT2D eigenvalue weighted by Crippen LogP contribution is -2.04. The van der Waals surface area contributed by atoms with Crippen LogP contribution in [-0.2, 0) is 0 Å². The number of aromatic nitrogens is 1. The number of hydrogen-bond donors (Lipinski definition) is 2. The molecule has 0 radical (unpaired) electrons. The monoisotopic (exact) mass is 335 g/mol. The number of Topliss-reactive ketones (excluding diaryl/α,β-unsaturated/α-hetero) is 1. The van der Waals surface area contributed by atoms with Gasteiger partial charge in [0.2, 0.25) is 0 Å². The smallest absolute Gasteiger partial charge is 0.339 e. The highest BCUT2D eigenvalue weighted by Gasteiger charge is 2.19. The molecule has 2 aromatic carbocycles. The third kappa shape index (κ3) is 2.92. The zero-order valence-electron chi connectivity index (χ0n) is 13.9. The van der Waals surface area contributed by atoms with E-state index in [1.54, 1.807) is 12.1 Å². The van der Waals surface area contributed by atoms with Crippen molar-refractivity contribution in [2.24, 2.45) is 0 Å². The molecule has 1 heterocycles. The number of benzene rings is 2. The summed E-state index contributed by atoms with van der Waals surface area (Å²) in [7, 11) is 0. The lowest BCUT2D eigenvalue weighted by molar-refractivity contribution is 0.0693. The molecule has 0 aliphatic heterocycles. The van der Waals surface area contributed by atoms with Crippen molar-refractivity contribution in [3.63, 3.8) is 0 Å². The van der Waals surface area contributed by atoms with E-state index in [0.29, 0.717) is 16.9 Å². The second kappa shape index (κ2) is 6.28. The van der Waals surface area contributed by atoms with Crippen molar-refractivity contribution in [2.75, 3.05) is 0 Å². The summed E-state index contributed by atoms with van der Waals surface area (Å²) in [5.74, 6) is -1.57. The van der Waals surface area contributed by atoms with Crippen LogP contribution in [0.1, 0.15) is 33.3 Å². The summed E-state index contributed by atoms with van der Waals surface area (Å²) >= 11 is 0. The molecular weight excluding hydrogens is 318 g/mol. The molecular formula is C20H17NO4. The number of nitrogens with zero attached hydrogens (tertiary/aromatic N) is 1. The Bertz CT molecular complexity index is 971. The molecule has 0 saturated carbocycles. The van der Waals surface area contributed by atoms with Gasteiger partial charge in [-0.25, -0.2) is 4.79 Å². The topological polar surface area (TPSA) is 79.5 Å². The lowest BCUT2D eigenvalue weighted by Gasteiger charge is -2.13. The molecule has 0 fully saturated rings. The summed E-state index contributed by atoms with van der Waals surface area (Å²) in [6.45, 7) is 3.32. The van der Waals surface area contributed by atoms with Crippen LogP contribution in [-0.4, -0.2) is 26.5 Å². The Morgan fingerprint density at radius 3 is 2.24 bits per heavy atom. The van der Waals surface area contributed by atoms with Gasteiger partial charge in [0, 0.05) is 16.9 Å². The number of rotatable bonds is 4. The van der Waals surface area contributed by atoms with Gasteiger partial charge in [0.15, 0.2) is 5.78 Å². The number of carbonyl (C=O) groups is 2. The third-order valence-corrected chi connectivity index (χ3v) is 4.16. The maximum atomic E-state index is 12.0. The Morgan fingerprint density at radius 2 is 1.64 bits per heavy atom. The van der Waals surface area contributed by atoms with E-state index in [-0.39, 0.29) is 17.1 Å². The molecule has 0 aliphatic rings. The molecule has 1 aromatic heterocycles. The van der Waals surface area contributed by atoms with Crippen molar-refractivity contribution < 1.29 is 19.8 Å². The molecule has 0 unspecified atom stereocenters. The average Bonchev–Trinajstić information content (AvgIpc) is 2.93. The van der Waals surface area contributed by atoms with Gasteiger partial charge in [-0.15, -0.1) is 0 Å². The fourth-order valence-corrected chi connectivity index (χ4v) is 2.95. The van der Waals surface area contributed by atoms with Crippen molar-refractivity contribution in [3.8, 4) is 22.7 Å². The van der Waals surface area contributed by atoms with Gasteiger partial charge < -0.3 is 14.8 Å².